The molecule has 3 heterocycles. The number of aromatic amines is 1. The van der Waals surface area contributed by atoms with Gasteiger partial charge in [0.15, 0.2) is 24.6 Å². The monoisotopic (exact) mass is 438 g/mol. The first-order valence-corrected chi connectivity index (χ1v) is 10.3. The lowest BCUT2D eigenvalue weighted by molar-refractivity contribution is -0.776. The van der Waals surface area contributed by atoms with Crippen LogP contribution in [0.1, 0.15) is 17.4 Å². The van der Waals surface area contributed by atoms with Gasteiger partial charge in [0.25, 0.3) is 6.23 Å². The summed E-state index contributed by atoms with van der Waals surface area (Å²) in [6.45, 7) is 3.97. The molecule has 0 bridgehead atoms. The van der Waals surface area contributed by atoms with Gasteiger partial charge in [0.05, 0.1) is 5.52 Å². The highest BCUT2D eigenvalue weighted by Crippen LogP contribution is 2.37. The zero-order valence-corrected chi connectivity index (χ0v) is 17.5. The number of fused-ring (bicyclic) bond motifs is 4. The average molecular weight is 438 g/mol. The molecular weight excluding hydrogens is 414 g/mol. The molecule has 1 amide bonds. The molecule has 7 N–H and O–H groups in total. The minimum absolute atomic E-state index is 0.169. The largest absolute Gasteiger partial charge is 0.508 e. The van der Waals surface area contributed by atoms with Gasteiger partial charge in [0.2, 0.25) is 5.91 Å². The SMILES string of the molecule is Cc1c2cc[n+](C3OC(C(N)=O)C(O)C(O)C3O)cc2c(C)c2c1[nH]c1ccc(O)cc12. The van der Waals surface area contributed by atoms with Crippen LogP contribution >= 0.6 is 0 Å². The third-order valence-corrected chi connectivity index (χ3v) is 6.48. The first-order chi connectivity index (χ1) is 15.2. The number of phenols is 1. The smallest absolute Gasteiger partial charge is 0.292 e. The number of nitrogens with one attached hydrogen (secondary N) is 1. The Labute approximate surface area is 182 Å². The molecule has 0 spiro atoms. The van der Waals surface area contributed by atoms with Crippen LogP contribution in [-0.2, 0) is 9.53 Å². The van der Waals surface area contributed by atoms with Crippen molar-refractivity contribution < 1.29 is 34.5 Å². The molecule has 0 saturated carbocycles. The fourth-order valence-corrected chi connectivity index (χ4v) is 4.76. The number of amides is 1. The van der Waals surface area contributed by atoms with Crippen molar-refractivity contribution in [1.82, 2.24) is 4.98 Å². The van der Waals surface area contributed by atoms with Crippen LogP contribution in [0.4, 0.5) is 0 Å². The Morgan fingerprint density at radius 1 is 1.03 bits per heavy atom. The van der Waals surface area contributed by atoms with Gasteiger partial charge in [-0.25, -0.2) is 0 Å². The summed E-state index contributed by atoms with van der Waals surface area (Å²) in [5.74, 6) is -0.760. The average Bonchev–Trinajstić information content (AvgIpc) is 3.14. The normalized spacial score (nSPS) is 26.2. The van der Waals surface area contributed by atoms with Crippen molar-refractivity contribution in [3.05, 3.63) is 47.8 Å². The van der Waals surface area contributed by atoms with Crippen molar-refractivity contribution >= 4 is 38.5 Å². The zero-order chi connectivity index (χ0) is 22.9. The maximum absolute atomic E-state index is 11.7. The quantitative estimate of drug-likeness (QED) is 0.251. The predicted molar refractivity (Wildman–Crippen MR) is 116 cm³/mol. The number of nitrogens with zero attached hydrogens (tertiary/aromatic N) is 1. The number of phenolic OH excluding ortho intramolecular Hbond substituents is 1. The highest BCUT2D eigenvalue weighted by atomic mass is 16.6. The highest BCUT2D eigenvalue weighted by Gasteiger charge is 2.50. The van der Waals surface area contributed by atoms with Gasteiger partial charge in [-0.3, -0.25) is 4.79 Å². The molecule has 1 saturated heterocycles. The summed E-state index contributed by atoms with van der Waals surface area (Å²) in [4.78, 5) is 15.1. The van der Waals surface area contributed by atoms with Crippen LogP contribution in [0, 0.1) is 13.8 Å². The molecule has 9 nitrogen and oxygen atoms in total. The van der Waals surface area contributed by atoms with Crippen LogP contribution in [0.25, 0.3) is 32.6 Å². The molecule has 0 aliphatic carbocycles. The molecular formula is C23H24N3O6+. The van der Waals surface area contributed by atoms with Crippen molar-refractivity contribution in [2.75, 3.05) is 0 Å². The van der Waals surface area contributed by atoms with Crippen molar-refractivity contribution in [3.63, 3.8) is 0 Å². The minimum atomic E-state index is -1.62. The molecule has 2 aromatic carbocycles. The molecule has 2 aromatic heterocycles. The molecule has 1 aliphatic rings. The first kappa shape index (κ1) is 20.7. The van der Waals surface area contributed by atoms with Gasteiger partial charge in [0.1, 0.15) is 18.0 Å². The second-order valence-electron chi connectivity index (χ2n) is 8.40. The lowest BCUT2D eigenvalue weighted by Gasteiger charge is -2.36. The Bertz CT molecular complexity index is 1400. The second kappa shape index (κ2) is 7.14. The molecule has 5 atom stereocenters. The maximum atomic E-state index is 11.7. The number of aliphatic hydroxyl groups excluding tert-OH is 3. The highest BCUT2D eigenvalue weighted by molar-refractivity contribution is 6.16. The number of benzene rings is 2. The van der Waals surface area contributed by atoms with Crippen LogP contribution < -0.4 is 10.3 Å². The molecule has 4 aromatic rings. The number of aromatic nitrogens is 2. The standard InChI is InChI=1S/C23H23N3O6/c1-9-14-8-26(23-20(30)18(28)19(29)21(32-23)22(24)31)6-5-12(14)10(2)17-16(9)13-7-11(27)3-4-15(13)25-17/h3-8,18-21,23,28-30H,1-2H3,(H3,24,27,31)/p+1. The van der Waals surface area contributed by atoms with E-state index in [0.29, 0.717) is 0 Å². The van der Waals surface area contributed by atoms with Gasteiger partial charge in [-0.2, -0.15) is 4.57 Å². The molecule has 5 rings (SSSR count). The second-order valence-corrected chi connectivity index (χ2v) is 8.40. The molecule has 0 radical (unpaired) electrons. The van der Waals surface area contributed by atoms with Gasteiger partial charge in [-0.05, 0) is 48.6 Å². The van der Waals surface area contributed by atoms with E-state index in [1.54, 1.807) is 29.1 Å². The Hall–Kier alpha value is -3.24. The Morgan fingerprint density at radius 3 is 2.50 bits per heavy atom. The molecule has 1 fully saturated rings. The zero-order valence-electron chi connectivity index (χ0n) is 17.5. The number of primary amides is 1. The van der Waals surface area contributed by atoms with E-state index >= 15 is 0 Å². The number of hydrogen-bond donors (Lipinski definition) is 6. The molecule has 9 heteroatoms. The Balaban J connectivity index is 1.72. The summed E-state index contributed by atoms with van der Waals surface area (Å²) in [6.07, 6.45) is -3.82. The van der Waals surface area contributed by atoms with Crippen LogP contribution in [0.5, 0.6) is 5.75 Å². The molecule has 1 aliphatic heterocycles. The third kappa shape index (κ3) is 2.86. The van der Waals surface area contributed by atoms with E-state index in [0.717, 1.165) is 43.7 Å². The number of rotatable bonds is 2. The summed E-state index contributed by atoms with van der Waals surface area (Å²) in [7, 11) is 0. The summed E-state index contributed by atoms with van der Waals surface area (Å²) < 4.78 is 7.15. The van der Waals surface area contributed by atoms with E-state index in [1.807, 2.05) is 26.0 Å². The molecule has 32 heavy (non-hydrogen) atoms. The fourth-order valence-electron chi connectivity index (χ4n) is 4.76. The van der Waals surface area contributed by atoms with E-state index in [-0.39, 0.29) is 5.75 Å². The Morgan fingerprint density at radius 2 is 1.78 bits per heavy atom. The van der Waals surface area contributed by atoms with Crippen molar-refractivity contribution in [2.45, 2.75) is 44.5 Å². The number of aromatic hydroxyl groups is 1. The van der Waals surface area contributed by atoms with Gasteiger partial charge >= 0.3 is 0 Å². The van der Waals surface area contributed by atoms with Gasteiger partial charge < -0.3 is 35.9 Å². The van der Waals surface area contributed by atoms with E-state index in [4.69, 9.17) is 10.5 Å². The predicted octanol–water partition coefficient (Wildman–Crippen LogP) is 0.550. The van der Waals surface area contributed by atoms with Crippen LogP contribution in [-0.4, -0.2) is 55.7 Å². The number of carbonyl (C=O) groups is 1. The van der Waals surface area contributed by atoms with Crippen molar-refractivity contribution in [2.24, 2.45) is 5.73 Å². The van der Waals surface area contributed by atoms with Crippen LogP contribution in [0.3, 0.4) is 0 Å². The number of pyridine rings is 1. The van der Waals surface area contributed by atoms with Gasteiger partial charge in [-0.1, -0.05) is 0 Å². The van der Waals surface area contributed by atoms with E-state index < -0.39 is 36.6 Å². The summed E-state index contributed by atoms with van der Waals surface area (Å²) >= 11 is 0. The summed E-state index contributed by atoms with van der Waals surface area (Å²) in [5.41, 5.74) is 9.14. The number of H-pyrrole nitrogens is 1. The minimum Gasteiger partial charge on any atom is -0.508 e. The first-order valence-electron chi connectivity index (χ1n) is 10.3. The van der Waals surface area contributed by atoms with Crippen LogP contribution in [0.15, 0.2) is 36.7 Å². The lowest BCUT2D eigenvalue weighted by atomic mass is 9.95. The number of hydrogen-bond acceptors (Lipinski definition) is 6. The maximum Gasteiger partial charge on any atom is 0.292 e. The summed E-state index contributed by atoms with van der Waals surface area (Å²) in [5, 5.41) is 44.5. The topological polar surface area (TPSA) is 153 Å². The molecule has 5 unspecified atom stereocenters. The number of aryl methyl sites for hydroxylation is 2. The summed E-state index contributed by atoms with van der Waals surface area (Å²) in [6, 6.07) is 7.05. The van der Waals surface area contributed by atoms with Gasteiger partial charge in [-0.15, -0.1) is 0 Å². The lowest BCUT2D eigenvalue weighted by Crippen LogP contribution is -2.64. The number of aliphatic hydroxyl groups is 3. The number of carbonyl (C=O) groups excluding carboxylic acids is 1. The third-order valence-electron chi connectivity index (χ3n) is 6.48. The van der Waals surface area contributed by atoms with Crippen molar-refractivity contribution in [1.29, 1.82) is 0 Å². The van der Waals surface area contributed by atoms with E-state index in [2.05, 4.69) is 4.98 Å². The number of ether oxygens (including phenoxy) is 1. The number of nitrogens with two attached hydrogens (primary N) is 1. The van der Waals surface area contributed by atoms with Crippen LogP contribution in [0.2, 0.25) is 0 Å². The Kier molecular flexibility index (Phi) is 4.61. The molecule has 166 valence electrons. The fraction of sp³-hybridized carbons (Fsp3) is 0.304. The van der Waals surface area contributed by atoms with E-state index in [9.17, 15) is 25.2 Å². The van der Waals surface area contributed by atoms with Gasteiger partial charge in [0, 0.05) is 27.7 Å². The van der Waals surface area contributed by atoms with E-state index in [1.165, 1.54) is 0 Å². The van der Waals surface area contributed by atoms with Crippen molar-refractivity contribution in [3.8, 4) is 5.75 Å².